The number of ether oxygens (including phenoxy) is 1. The van der Waals surface area contributed by atoms with Gasteiger partial charge in [-0.05, 0) is 25.1 Å². The monoisotopic (exact) mass is 336 g/mol. The zero-order chi connectivity index (χ0) is 16.8. The summed E-state index contributed by atoms with van der Waals surface area (Å²) in [5, 5.41) is 16.4. The highest BCUT2D eigenvalue weighted by atomic mass is 35.5. The number of allylic oxidation sites excluding steroid dienone is 1. The summed E-state index contributed by atoms with van der Waals surface area (Å²) in [5.41, 5.74) is -1.61. The van der Waals surface area contributed by atoms with Crippen molar-refractivity contribution in [3.8, 4) is 0 Å². The van der Waals surface area contributed by atoms with Crippen molar-refractivity contribution in [2.45, 2.75) is 13.1 Å². The van der Waals surface area contributed by atoms with Crippen molar-refractivity contribution in [2.75, 3.05) is 12.5 Å². The zero-order valence-corrected chi connectivity index (χ0v) is 12.1. The average Bonchev–Trinajstić information content (AvgIpc) is 2.47. The fourth-order valence-corrected chi connectivity index (χ4v) is 1.46. The molecule has 22 heavy (non-hydrogen) atoms. The second-order valence-corrected chi connectivity index (χ2v) is 4.16. The Morgan fingerprint density at radius 3 is 2.64 bits per heavy atom. The molecule has 1 N–H and O–H groups in total. The summed E-state index contributed by atoms with van der Waals surface area (Å²) in [6, 6.07) is 4.03. The summed E-state index contributed by atoms with van der Waals surface area (Å²) < 4.78 is 42.3. The molecule has 0 aliphatic heterocycles. The molecule has 0 unspecified atom stereocenters. The predicted molar refractivity (Wildman–Crippen MR) is 73.0 cm³/mol. The summed E-state index contributed by atoms with van der Waals surface area (Å²) in [6.45, 7) is 1.56. The molecule has 0 aliphatic rings. The number of halogens is 4. The molecule has 0 fully saturated rings. The van der Waals surface area contributed by atoms with Gasteiger partial charge in [0.15, 0.2) is 0 Å². The number of nitrogens with zero attached hydrogens (tertiary/aromatic N) is 2. The van der Waals surface area contributed by atoms with Crippen LogP contribution < -0.4 is 0 Å². The van der Waals surface area contributed by atoms with Crippen LogP contribution in [0.5, 0.6) is 0 Å². The Hall–Kier alpha value is -2.09. The topological polar surface area (TPSA) is 71.2 Å². The summed E-state index contributed by atoms with van der Waals surface area (Å²) in [4.78, 5) is 11.6. The Balaban J connectivity index is 3.09. The molecule has 0 saturated carbocycles. The molecule has 0 aromatic heterocycles. The van der Waals surface area contributed by atoms with Crippen molar-refractivity contribution in [3.63, 3.8) is 0 Å². The molecule has 0 saturated heterocycles. The van der Waals surface area contributed by atoms with Crippen LogP contribution in [-0.4, -0.2) is 23.6 Å². The fraction of sp³-hybridized carbons (Fsp3) is 0.308. The van der Waals surface area contributed by atoms with E-state index in [4.69, 9.17) is 11.6 Å². The average molecular weight is 337 g/mol. The SMILES string of the molecule is CCOC(=O)/C(N=Nc1cccc(C(F)(F)F)c1)=C(\O)CCl. The van der Waals surface area contributed by atoms with Crippen LogP contribution in [0.25, 0.3) is 0 Å². The first-order valence-corrected chi connectivity index (χ1v) is 6.57. The van der Waals surface area contributed by atoms with E-state index >= 15 is 0 Å². The Bertz CT molecular complexity index is 600. The molecule has 0 spiro atoms. The van der Waals surface area contributed by atoms with E-state index < -0.39 is 35.0 Å². The van der Waals surface area contributed by atoms with E-state index in [9.17, 15) is 23.1 Å². The number of carbonyl (C=O) groups excluding carboxylic acids is 1. The maximum absolute atomic E-state index is 12.6. The van der Waals surface area contributed by atoms with Crippen LogP contribution >= 0.6 is 11.6 Å². The summed E-state index contributed by atoms with van der Waals surface area (Å²) in [6.07, 6.45) is -4.52. The van der Waals surface area contributed by atoms with Gasteiger partial charge in [0.2, 0.25) is 5.70 Å². The third kappa shape index (κ3) is 5.03. The molecule has 0 heterocycles. The highest BCUT2D eigenvalue weighted by molar-refractivity contribution is 6.19. The van der Waals surface area contributed by atoms with Gasteiger partial charge in [0.05, 0.1) is 23.7 Å². The largest absolute Gasteiger partial charge is 0.508 e. The van der Waals surface area contributed by atoms with Gasteiger partial charge in [-0.15, -0.1) is 16.7 Å². The highest BCUT2D eigenvalue weighted by Crippen LogP contribution is 2.31. The van der Waals surface area contributed by atoms with E-state index in [0.29, 0.717) is 0 Å². The molecule has 0 atom stereocenters. The first kappa shape index (κ1) is 18.0. The highest BCUT2D eigenvalue weighted by Gasteiger charge is 2.30. The lowest BCUT2D eigenvalue weighted by Crippen LogP contribution is -2.09. The van der Waals surface area contributed by atoms with E-state index in [2.05, 4.69) is 15.0 Å². The van der Waals surface area contributed by atoms with Crippen molar-refractivity contribution in [1.29, 1.82) is 0 Å². The van der Waals surface area contributed by atoms with E-state index in [1.54, 1.807) is 0 Å². The molecule has 0 amide bonds. The van der Waals surface area contributed by atoms with E-state index in [-0.39, 0.29) is 12.3 Å². The summed E-state index contributed by atoms with van der Waals surface area (Å²) in [5.74, 6) is -1.98. The van der Waals surface area contributed by atoms with Crippen LogP contribution in [0.2, 0.25) is 0 Å². The van der Waals surface area contributed by atoms with E-state index in [1.165, 1.54) is 13.0 Å². The van der Waals surface area contributed by atoms with Crippen LogP contribution in [0.4, 0.5) is 18.9 Å². The van der Waals surface area contributed by atoms with Gasteiger partial charge in [-0.1, -0.05) is 6.07 Å². The molecule has 1 aromatic rings. The number of azo groups is 1. The summed E-state index contributed by atoms with van der Waals surface area (Å²) >= 11 is 5.39. The van der Waals surface area contributed by atoms with Crippen LogP contribution in [0.1, 0.15) is 12.5 Å². The summed E-state index contributed by atoms with van der Waals surface area (Å²) in [7, 11) is 0. The smallest absolute Gasteiger partial charge is 0.416 e. The third-order valence-corrected chi connectivity index (χ3v) is 2.56. The number of carbonyl (C=O) groups is 1. The quantitative estimate of drug-likeness (QED) is 0.285. The van der Waals surface area contributed by atoms with Crippen LogP contribution in [0.3, 0.4) is 0 Å². The van der Waals surface area contributed by atoms with Gasteiger partial charge in [-0.2, -0.15) is 18.3 Å². The number of hydrogen-bond acceptors (Lipinski definition) is 5. The number of benzene rings is 1. The second kappa shape index (κ2) is 7.79. The lowest BCUT2D eigenvalue weighted by atomic mass is 10.2. The van der Waals surface area contributed by atoms with Gasteiger partial charge < -0.3 is 9.84 Å². The molecule has 0 aliphatic carbocycles. The van der Waals surface area contributed by atoms with Crippen molar-refractivity contribution in [2.24, 2.45) is 10.2 Å². The van der Waals surface area contributed by atoms with Crippen LogP contribution in [0, 0.1) is 0 Å². The maximum atomic E-state index is 12.6. The van der Waals surface area contributed by atoms with Gasteiger partial charge in [0, 0.05) is 0 Å². The van der Waals surface area contributed by atoms with Crippen molar-refractivity contribution in [1.82, 2.24) is 0 Å². The van der Waals surface area contributed by atoms with Crippen molar-refractivity contribution < 1.29 is 27.8 Å². The molecular formula is C13H12ClF3N2O3. The lowest BCUT2D eigenvalue weighted by Gasteiger charge is -2.06. The zero-order valence-electron chi connectivity index (χ0n) is 11.4. The predicted octanol–water partition coefficient (Wildman–Crippen LogP) is 4.36. The van der Waals surface area contributed by atoms with Crippen molar-refractivity contribution in [3.05, 3.63) is 41.3 Å². The minimum absolute atomic E-state index is 0.0248. The molecule has 0 bridgehead atoms. The molecule has 9 heteroatoms. The first-order chi connectivity index (χ1) is 10.3. The van der Waals surface area contributed by atoms with E-state index in [1.807, 2.05) is 0 Å². The normalized spacial score (nSPS) is 13.1. The number of hydrogen-bond donors (Lipinski definition) is 1. The Kier molecular flexibility index (Phi) is 6.36. The Morgan fingerprint density at radius 1 is 1.41 bits per heavy atom. The number of alkyl halides is 4. The van der Waals surface area contributed by atoms with Gasteiger partial charge >= 0.3 is 12.1 Å². The van der Waals surface area contributed by atoms with Gasteiger partial charge in [-0.3, -0.25) is 0 Å². The van der Waals surface area contributed by atoms with Gasteiger partial charge in [0.25, 0.3) is 0 Å². The van der Waals surface area contributed by atoms with Crippen molar-refractivity contribution >= 4 is 23.3 Å². The standard InChI is InChI=1S/C13H12ClF3N2O3/c1-2-22-12(21)11(10(20)7-14)19-18-9-5-3-4-8(6-9)13(15,16)17/h3-6,20H,2,7H2,1H3/b11-10+,19-18?. The number of aliphatic hydroxyl groups excluding tert-OH is 1. The molecule has 0 radical (unpaired) electrons. The maximum Gasteiger partial charge on any atom is 0.416 e. The Labute approximate surface area is 129 Å². The van der Waals surface area contributed by atoms with Crippen LogP contribution in [-0.2, 0) is 15.7 Å². The molecule has 1 aromatic carbocycles. The Morgan fingerprint density at radius 2 is 2.09 bits per heavy atom. The molecule has 1 rings (SSSR count). The second-order valence-electron chi connectivity index (χ2n) is 3.90. The fourth-order valence-electron chi connectivity index (χ4n) is 1.33. The van der Waals surface area contributed by atoms with Gasteiger partial charge in [-0.25, -0.2) is 4.79 Å². The van der Waals surface area contributed by atoms with Crippen LogP contribution in [0.15, 0.2) is 46.0 Å². The minimum Gasteiger partial charge on any atom is -0.508 e. The van der Waals surface area contributed by atoms with E-state index in [0.717, 1.165) is 18.2 Å². The molecule has 120 valence electrons. The lowest BCUT2D eigenvalue weighted by molar-refractivity contribution is -0.139. The first-order valence-electron chi connectivity index (χ1n) is 6.03. The number of rotatable bonds is 5. The number of aliphatic hydroxyl groups is 1. The molecular weight excluding hydrogens is 325 g/mol. The molecule has 5 nitrogen and oxygen atoms in total. The minimum atomic E-state index is -4.52. The third-order valence-electron chi connectivity index (χ3n) is 2.31. The van der Waals surface area contributed by atoms with Gasteiger partial charge in [0.1, 0.15) is 5.76 Å². The number of esters is 1.